The summed E-state index contributed by atoms with van der Waals surface area (Å²) < 4.78 is 5.81. The van der Waals surface area contributed by atoms with E-state index in [2.05, 4.69) is 33.2 Å². The van der Waals surface area contributed by atoms with Crippen molar-refractivity contribution >= 4 is 69.1 Å². The molecule has 0 aliphatic carbocycles. The lowest BCUT2D eigenvalue weighted by atomic mass is 10.2. The van der Waals surface area contributed by atoms with E-state index in [0.717, 1.165) is 3.57 Å². The normalized spacial score (nSPS) is 10.0. The van der Waals surface area contributed by atoms with Crippen LogP contribution in [0.15, 0.2) is 42.5 Å². The number of thiocarbonyl (C=S) groups is 1. The highest BCUT2D eigenvalue weighted by atomic mass is 127. The summed E-state index contributed by atoms with van der Waals surface area (Å²) in [4.78, 5) is 23.8. The minimum Gasteiger partial charge on any atom is -0.462 e. The fraction of sp³-hybridized carbons (Fsp3) is 0.118. The molecule has 0 aromatic heterocycles. The van der Waals surface area contributed by atoms with Crippen LogP contribution in [0.4, 0.5) is 5.69 Å². The maximum absolute atomic E-state index is 12.2. The summed E-state index contributed by atoms with van der Waals surface area (Å²) in [6.45, 7) is 2.06. The van der Waals surface area contributed by atoms with Crippen molar-refractivity contribution < 1.29 is 14.3 Å². The van der Waals surface area contributed by atoms with Gasteiger partial charge in [0.1, 0.15) is 0 Å². The highest BCUT2D eigenvalue weighted by Gasteiger charge is 2.13. The minimum absolute atomic E-state index is 0.129. The van der Waals surface area contributed by atoms with Gasteiger partial charge in [0.25, 0.3) is 5.91 Å². The molecule has 0 atom stereocenters. The number of benzene rings is 2. The molecule has 2 N–H and O–H groups in total. The second-order valence-corrected chi connectivity index (χ2v) is 6.89. The van der Waals surface area contributed by atoms with Gasteiger partial charge in [-0.3, -0.25) is 10.1 Å². The lowest BCUT2D eigenvalue weighted by molar-refractivity contribution is 0.0526. The van der Waals surface area contributed by atoms with E-state index in [9.17, 15) is 9.59 Å². The van der Waals surface area contributed by atoms with E-state index in [1.54, 1.807) is 49.4 Å². The van der Waals surface area contributed by atoms with E-state index in [1.807, 2.05) is 0 Å². The molecule has 2 aromatic carbocycles. The first-order valence-electron chi connectivity index (χ1n) is 7.25. The molecule has 0 saturated carbocycles. The Morgan fingerprint density at radius 2 is 1.88 bits per heavy atom. The van der Waals surface area contributed by atoms with E-state index in [1.165, 1.54) is 0 Å². The molecule has 0 radical (unpaired) electrons. The van der Waals surface area contributed by atoms with Gasteiger partial charge in [0.15, 0.2) is 5.11 Å². The van der Waals surface area contributed by atoms with E-state index in [0.29, 0.717) is 28.4 Å². The van der Waals surface area contributed by atoms with Gasteiger partial charge >= 0.3 is 5.97 Å². The number of halogens is 2. The Balaban J connectivity index is 1.99. The number of esters is 1. The van der Waals surface area contributed by atoms with E-state index in [-0.39, 0.29) is 5.11 Å². The van der Waals surface area contributed by atoms with Gasteiger partial charge in [-0.15, -0.1) is 0 Å². The lowest BCUT2D eigenvalue weighted by Gasteiger charge is -2.11. The average molecular weight is 489 g/mol. The zero-order valence-electron chi connectivity index (χ0n) is 13.1. The topological polar surface area (TPSA) is 67.4 Å². The largest absolute Gasteiger partial charge is 0.462 e. The monoisotopic (exact) mass is 488 g/mol. The molecule has 130 valence electrons. The molecule has 0 heterocycles. The molecular formula is C17H14ClIN2O3S. The number of amides is 1. The predicted octanol–water partition coefficient (Wildman–Crippen LogP) is 4.25. The van der Waals surface area contributed by atoms with Crippen LogP contribution in [0, 0.1) is 3.57 Å². The number of anilines is 1. The van der Waals surface area contributed by atoms with Gasteiger partial charge in [-0.2, -0.15) is 0 Å². The summed E-state index contributed by atoms with van der Waals surface area (Å²) in [6.07, 6.45) is 0. The number of hydrogen-bond acceptors (Lipinski definition) is 4. The number of nitrogens with one attached hydrogen (secondary N) is 2. The fourth-order valence-corrected chi connectivity index (χ4v) is 2.81. The van der Waals surface area contributed by atoms with Crippen molar-refractivity contribution in [1.29, 1.82) is 0 Å². The van der Waals surface area contributed by atoms with Crippen LogP contribution in [0.25, 0.3) is 0 Å². The number of hydrogen-bond donors (Lipinski definition) is 2. The van der Waals surface area contributed by atoms with E-state index < -0.39 is 11.9 Å². The maximum atomic E-state index is 12.2. The Hall–Kier alpha value is -1.71. The van der Waals surface area contributed by atoms with Crippen LogP contribution in [0.1, 0.15) is 27.6 Å². The number of ether oxygens (including phenoxy) is 1. The highest BCUT2D eigenvalue weighted by molar-refractivity contribution is 14.1. The van der Waals surface area contributed by atoms with Crippen LogP contribution in [0.5, 0.6) is 0 Å². The molecule has 0 saturated heterocycles. The Labute approximate surface area is 169 Å². The Morgan fingerprint density at radius 3 is 2.52 bits per heavy atom. The van der Waals surface area contributed by atoms with Gasteiger partial charge < -0.3 is 10.1 Å². The van der Waals surface area contributed by atoms with Crippen molar-refractivity contribution in [2.24, 2.45) is 0 Å². The molecule has 0 bridgehead atoms. The van der Waals surface area contributed by atoms with Gasteiger partial charge in [-0.05, 0) is 84.2 Å². The smallest absolute Gasteiger partial charge is 0.338 e. The summed E-state index contributed by atoms with van der Waals surface area (Å²) in [5, 5.41) is 5.92. The van der Waals surface area contributed by atoms with E-state index >= 15 is 0 Å². The molecule has 25 heavy (non-hydrogen) atoms. The Kier molecular flexibility index (Phi) is 7.15. The predicted molar refractivity (Wildman–Crippen MR) is 110 cm³/mol. The third-order valence-corrected chi connectivity index (χ3v) is 4.26. The zero-order valence-corrected chi connectivity index (χ0v) is 16.9. The molecule has 0 aliphatic heterocycles. The molecule has 0 unspecified atom stereocenters. The first-order chi connectivity index (χ1) is 11.9. The van der Waals surface area contributed by atoms with Crippen molar-refractivity contribution in [1.82, 2.24) is 5.32 Å². The van der Waals surface area contributed by atoms with E-state index in [4.69, 9.17) is 28.6 Å². The van der Waals surface area contributed by atoms with Crippen molar-refractivity contribution in [3.05, 3.63) is 62.2 Å². The summed E-state index contributed by atoms with van der Waals surface area (Å²) in [7, 11) is 0. The van der Waals surface area contributed by atoms with Gasteiger partial charge in [-0.25, -0.2) is 4.79 Å². The molecule has 1 amide bonds. The second kappa shape index (κ2) is 9.12. The molecule has 5 nitrogen and oxygen atoms in total. The minimum atomic E-state index is -0.399. The molecule has 8 heteroatoms. The van der Waals surface area contributed by atoms with Gasteiger partial charge in [0.05, 0.1) is 22.8 Å². The molecule has 0 fully saturated rings. The molecule has 0 aliphatic rings. The summed E-state index contributed by atoms with van der Waals surface area (Å²) in [5.41, 5.74) is 1.41. The summed E-state index contributed by atoms with van der Waals surface area (Å²) in [6, 6.07) is 11.7. The van der Waals surface area contributed by atoms with Crippen molar-refractivity contribution in [3.8, 4) is 0 Å². The number of rotatable bonds is 4. The Morgan fingerprint density at radius 1 is 1.20 bits per heavy atom. The maximum Gasteiger partial charge on any atom is 0.338 e. The van der Waals surface area contributed by atoms with Gasteiger partial charge in [0.2, 0.25) is 0 Å². The van der Waals surface area contributed by atoms with Crippen LogP contribution in [0.3, 0.4) is 0 Å². The Bertz CT molecular complexity index is 812. The molecule has 2 aromatic rings. The molecule has 0 spiro atoms. The highest BCUT2D eigenvalue weighted by Crippen LogP contribution is 2.19. The fourth-order valence-electron chi connectivity index (χ4n) is 1.91. The van der Waals surface area contributed by atoms with Crippen molar-refractivity contribution in [3.63, 3.8) is 0 Å². The van der Waals surface area contributed by atoms with Gasteiger partial charge in [0, 0.05) is 9.26 Å². The third kappa shape index (κ3) is 5.65. The van der Waals surface area contributed by atoms with Crippen molar-refractivity contribution in [2.75, 3.05) is 11.9 Å². The summed E-state index contributed by atoms with van der Waals surface area (Å²) >= 11 is 13.3. The zero-order chi connectivity index (χ0) is 18.4. The van der Waals surface area contributed by atoms with Crippen LogP contribution in [-0.2, 0) is 4.74 Å². The molecular weight excluding hydrogens is 475 g/mol. The first kappa shape index (κ1) is 19.6. The lowest BCUT2D eigenvalue weighted by Crippen LogP contribution is -2.34. The van der Waals surface area contributed by atoms with Crippen LogP contribution >= 0.6 is 46.4 Å². The average Bonchev–Trinajstić information content (AvgIpc) is 2.57. The van der Waals surface area contributed by atoms with Crippen LogP contribution in [0.2, 0.25) is 5.02 Å². The van der Waals surface area contributed by atoms with Crippen LogP contribution < -0.4 is 10.6 Å². The SMILES string of the molecule is CCOC(=O)c1ccc(NC(=S)NC(=O)c2cc(I)ccc2Cl)cc1. The first-order valence-corrected chi connectivity index (χ1v) is 9.11. The second-order valence-electron chi connectivity index (χ2n) is 4.83. The third-order valence-electron chi connectivity index (χ3n) is 3.05. The van der Waals surface area contributed by atoms with Gasteiger partial charge in [-0.1, -0.05) is 11.6 Å². The number of carbonyl (C=O) groups is 2. The number of carbonyl (C=O) groups excluding carboxylic acids is 2. The summed E-state index contributed by atoms with van der Waals surface area (Å²) in [5.74, 6) is -0.789. The van der Waals surface area contributed by atoms with Crippen molar-refractivity contribution in [2.45, 2.75) is 6.92 Å². The quantitative estimate of drug-likeness (QED) is 0.383. The standard InChI is InChI=1S/C17H14ClIN2O3S/c1-2-24-16(23)10-3-6-12(7-4-10)20-17(25)21-15(22)13-9-11(19)5-8-14(13)18/h3-9H,2H2,1H3,(H2,20,21,22,25). The van der Waals surface area contributed by atoms with Crippen LogP contribution in [-0.4, -0.2) is 23.6 Å². The molecule has 2 rings (SSSR count).